The summed E-state index contributed by atoms with van der Waals surface area (Å²) in [5, 5.41) is 14.0. The van der Waals surface area contributed by atoms with Gasteiger partial charge in [-0.2, -0.15) is 4.68 Å². The van der Waals surface area contributed by atoms with Crippen LogP contribution in [0.15, 0.2) is 48.5 Å². The molecule has 6 nitrogen and oxygen atoms in total. The molecule has 0 aliphatic carbocycles. The summed E-state index contributed by atoms with van der Waals surface area (Å²) in [6.45, 7) is 2.06. The van der Waals surface area contributed by atoms with Crippen LogP contribution in [-0.4, -0.2) is 26.1 Å². The summed E-state index contributed by atoms with van der Waals surface area (Å²) in [7, 11) is 0. The summed E-state index contributed by atoms with van der Waals surface area (Å²) in [4.78, 5) is 12.1. The molecule has 116 valence electrons. The number of amides is 1. The minimum absolute atomic E-state index is 0.228. The van der Waals surface area contributed by atoms with Crippen LogP contribution in [0.5, 0.6) is 0 Å². The van der Waals surface area contributed by atoms with Crippen LogP contribution in [-0.2, 0) is 6.54 Å². The zero-order valence-electron chi connectivity index (χ0n) is 12.4. The van der Waals surface area contributed by atoms with Gasteiger partial charge < -0.3 is 5.32 Å². The molecule has 0 unspecified atom stereocenters. The fourth-order valence-electron chi connectivity index (χ4n) is 2.16. The van der Waals surface area contributed by atoms with E-state index in [0.29, 0.717) is 17.0 Å². The van der Waals surface area contributed by atoms with Gasteiger partial charge in [-0.1, -0.05) is 12.1 Å². The molecule has 1 N–H and O–H groups in total. The Hall–Kier alpha value is -3.09. The molecule has 0 saturated heterocycles. The van der Waals surface area contributed by atoms with Gasteiger partial charge in [0, 0.05) is 12.1 Å². The number of hydrogen-bond donors (Lipinski definition) is 1. The number of tetrazole rings is 1. The first kappa shape index (κ1) is 14.8. The van der Waals surface area contributed by atoms with Crippen molar-refractivity contribution >= 4 is 5.91 Å². The maximum absolute atomic E-state index is 13.1. The first-order chi connectivity index (χ1) is 11.1. The second kappa shape index (κ2) is 6.35. The summed E-state index contributed by atoms with van der Waals surface area (Å²) in [6.07, 6.45) is 0. The maximum Gasteiger partial charge on any atom is 0.251 e. The van der Waals surface area contributed by atoms with Gasteiger partial charge in [0.2, 0.25) is 0 Å². The number of rotatable bonds is 4. The van der Waals surface area contributed by atoms with E-state index in [1.54, 1.807) is 48.0 Å². The van der Waals surface area contributed by atoms with E-state index in [2.05, 4.69) is 20.8 Å². The zero-order valence-corrected chi connectivity index (χ0v) is 12.4. The first-order valence-corrected chi connectivity index (χ1v) is 7.01. The van der Waals surface area contributed by atoms with Gasteiger partial charge in [0.05, 0.1) is 5.69 Å². The van der Waals surface area contributed by atoms with Crippen LogP contribution in [0.1, 0.15) is 21.7 Å². The zero-order chi connectivity index (χ0) is 16.2. The lowest BCUT2D eigenvalue weighted by atomic mass is 10.1. The van der Waals surface area contributed by atoms with Gasteiger partial charge in [-0.05, 0) is 59.3 Å². The molecule has 0 atom stereocenters. The molecule has 1 aromatic heterocycles. The molecule has 3 rings (SSSR count). The highest BCUT2D eigenvalue weighted by atomic mass is 19.1. The van der Waals surface area contributed by atoms with Gasteiger partial charge in [0.1, 0.15) is 5.82 Å². The van der Waals surface area contributed by atoms with E-state index in [0.717, 1.165) is 5.69 Å². The Morgan fingerprint density at radius 1 is 1.22 bits per heavy atom. The second-order valence-electron chi connectivity index (χ2n) is 5.00. The van der Waals surface area contributed by atoms with Gasteiger partial charge in [-0.25, -0.2) is 4.39 Å². The Morgan fingerprint density at radius 3 is 2.65 bits per heavy atom. The van der Waals surface area contributed by atoms with Gasteiger partial charge >= 0.3 is 0 Å². The lowest BCUT2D eigenvalue weighted by Crippen LogP contribution is -2.22. The van der Waals surface area contributed by atoms with Crippen molar-refractivity contribution < 1.29 is 9.18 Å². The van der Waals surface area contributed by atoms with E-state index in [-0.39, 0.29) is 18.3 Å². The maximum atomic E-state index is 13.1. The quantitative estimate of drug-likeness (QED) is 0.800. The number of aromatic nitrogens is 4. The van der Waals surface area contributed by atoms with Crippen LogP contribution < -0.4 is 5.32 Å². The van der Waals surface area contributed by atoms with Crippen molar-refractivity contribution in [2.24, 2.45) is 0 Å². The van der Waals surface area contributed by atoms with E-state index in [1.165, 1.54) is 12.1 Å². The van der Waals surface area contributed by atoms with E-state index in [4.69, 9.17) is 0 Å². The average Bonchev–Trinajstić information content (AvgIpc) is 2.99. The van der Waals surface area contributed by atoms with Crippen molar-refractivity contribution in [2.45, 2.75) is 13.5 Å². The molecule has 2 aromatic carbocycles. The number of carbonyl (C=O) groups excluding carboxylic acids is 1. The highest BCUT2D eigenvalue weighted by Gasteiger charge is 2.08. The Balaban J connectivity index is 1.67. The third-order valence-corrected chi connectivity index (χ3v) is 3.34. The molecule has 0 aliphatic heterocycles. The molecule has 7 heteroatoms. The molecule has 23 heavy (non-hydrogen) atoms. The lowest BCUT2D eigenvalue weighted by molar-refractivity contribution is 0.0951. The summed E-state index contributed by atoms with van der Waals surface area (Å²) < 4.78 is 14.7. The SMILES string of the molecule is Cc1nnnn1-c1ccc(C(=O)NCc2cccc(F)c2)cc1. The molecular weight excluding hydrogens is 297 g/mol. The largest absolute Gasteiger partial charge is 0.348 e. The third kappa shape index (κ3) is 3.39. The smallest absolute Gasteiger partial charge is 0.251 e. The van der Waals surface area contributed by atoms with E-state index in [9.17, 15) is 9.18 Å². The van der Waals surface area contributed by atoms with Gasteiger partial charge in [-0.15, -0.1) is 5.10 Å². The summed E-state index contributed by atoms with van der Waals surface area (Å²) in [5.41, 5.74) is 1.99. The van der Waals surface area contributed by atoms with Gasteiger partial charge in [0.15, 0.2) is 5.82 Å². The monoisotopic (exact) mass is 311 g/mol. The predicted molar refractivity (Wildman–Crippen MR) is 81.5 cm³/mol. The molecule has 0 radical (unpaired) electrons. The lowest BCUT2D eigenvalue weighted by Gasteiger charge is -2.07. The normalized spacial score (nSPS) is 10.5. The van der Waals surface area contributed by atoms with Crippen LogP contribution in [0.25, 0.3) is 5.69 Å². The molecule has 1 amide bonds. The number of aryl methyl sites for hydroxylation is 1. The molecule has 0 fully saturated rings. The van der Waals surface area contributed by atoms with Crippen LogP contribution in [0, 0.1) is 12.7 Å². The molecular formula is C16H14FN5O. The van der Waals surface area contributed by atoms with Crippen molar-refractivity contribution in [3.63, 3.8) is 0 Å². The van der Waals surface area contributed by atoms with Crippen molar-refractivity contribution in [3.8, 4) is 5.69 Å². The Morgan fingerprint density at radius 2 is 2.00 bits per heavy atom. The highest BCUT2D eigenvalue weighted by Crippen LogP contribution is 2.10. The van der Waals surface area contributed by atoms with Crippen LogP contribution in [0.3, 0.4) is 0 Å². The Labute approximate surface area is 132 Å². The van der Waals surface area contributed by atoms with Crippen LogP contribution >= 0.6 is 0 Å². The minimum Gasteiger partial charge on any atom is -0.348 e. The topological polar surface area (TPSA) is 72.7 Å². The van der Waals surface area contributed by atoms with Crippen molar-refractivity contribution in [2.75, 3.05) is 0 Å². The van der Waals surface area contributed by atoms with E-state index < -0.39 is 0 Å². The number of halogens is 1. The van der Waals surface area contributed by atoms with E-state index in [1.807, 2.05) is 0 Å². The van der Waals surface area contributed by atoms with Crippen LogP contribution in [0.2, 0.25) is 0 Å². The number of carbonyl (C=O) groups is 1. The number of nitrogens with zero attached hydrogens (tertiary/aromatic N) is 4. The van der Waals surface area contributed by atoms with Gasteiger partial charge in [-0.3, -0.25) is 4.79 Å². The molecule has 3 aromatic rings. The number of nitrogens with one attached hydrogen (secondary N) is 1. The standard InChI is InChI=1S/C16H14FN5O/c1-11-19-20-21-22(11)15-7-5-13(6-8-15)16(23)18-10-12-3-2-4-14(17)9-12/h2-9H,10H2,1H3,(H,18,23). The molecule has 1 heterocycles. The molecule has 0 saturated carbocycles. The van der Waals surface area contributed by atoms with Crippen molar-refractivity contribution in [3.05, 3.63) is 71.3 Å². The molecule has 0 bridgehead atoms. The summed E-state index contributed by atoms with van der Waals surface area (Å²) in [5.74, 6) is 0.112. The molecule has 0 spiro atoms. The predicted octanol–water partition coefficient (Wildman–Crippen LogP) is 2.04. The van der Waals surface area contributed by atoms with Crippen molar-refractivity contribution in [1.82, 2.24) is 25.5 Å². The Bertz CT molecular complexity index is 828. The van der Waals surface area contributed by atoms with Gasteiger partial charge in [0.25, 0.3) is 5.91 Å². The third-order valence-electron chi connectivity index (χ3n) is 3.34. The highest BCUT2D eigenvalue weighted by molar-refractivity contribution is 5.94. The fourth-order valence-corrected chi connectivity index (χ4v) is 2.16. The molecule has 0 aliphatic rings. The summed E-state index contributed by atoms with van der Waals surface area (Å²) in [6, 6.07) is 13.0. The fraction of sp³-hybridized carbons (Fsp3) is 0.125. The van der Waals surface area contributed by atoms with Crippen LogP contribution in [0.4, 0.5) is 4.39 Å². The number of benzene rings is 2. The second-order valence-corrected chi connectivity index (χ2v) is 5.00. The summed E-state index contributed by atoms with van der Waals surface area (Å²) >= 11 is 0. The minimum atomic E-state index is -0.321. The number of hydrogen-bond acceptors (Lipinski definition) is 4. The van der Waals surface area contributed by atoms with E-state index >= 15 is 0 Å². The van der Waals surface area contributed by atoms with Crippen molar-refractivity contribution in [1.29, 1.82) is 0 Å². The average molecular weight is 311 g/mol. The Kier molecular flexibility index (Phi) is 4.09. The first-order valence-electron chi connectivity index (χ1n) is 7.01.